The van der Waals surface area contributed by atoms with Gasteiger partial charge in [-0.25, -0.2) is 5.06 Å². The van der Waals surface area contributed by atoms with Crippen LogP contribution < -0.4 is 5.73 Å². The number of rotatable bonds is 5. The summed E-state index contributed by atoms with van der Waals surface area (Å²) in [5.74, 6) is -0.997. The predicted molar refractivity (Wildman–Crippen MR) is 42.1 cm³/mol. The maximum atomic E-state index is 10.8. The lowest BCUT2D eigenvalue weighted by molar-refractivity contribution is -0.155. The van der Waals surface area contributed by atoms with Crippen LogP contribution in [0.4, 0.5) is 0 Å². The van der Waals surface area contributed by atoms with Gasteiger partial charge in [0.05, 0.1) is 12.5 Å². The molecule has 5 nitrogen and oxygen atoms in total. The van der Waals surface area contributed by atoms with Crippen molar-refractivity contribution in [3.8, 4) is 0 Å². The molecule has 12 heavy (non-hydrogen) atoms. The molecule has 1 unspecified atom stereocenters. The molecule has 0 rings (SSSR count). The van der Waals surface area contributed by atoms with E-state index in [2.05, 4.69) is 0 Å². The monoisotopic (exact) mass is 174 g/mol. The lowest BCUT2D eigenvalue weighted by Gasteiger charge is -2.19. The quantitative estimate of drug-likeness (QED) is 0.337. The zero-order chi connectivity index (χ0) is 9.72. The Bertz CT molecular complexity index is 170. The van der Waals surface area contributed by atoms with Gasteiger partial charge in [0, 0.05) is 0 Å². The minimum absolute atomic E-state index is 0.0112. The van der Waals surface area contributed by atoms with Crippen LogP contribution in [-0.2, 0) is 9.59 Å². The normalized spacial score (nSPS) is 12.7. The third kappa shape index (κ3) is 3.34. The van der Waals surface area contributed by atoms with Crippen molar-refractivity contribution in [2.75, 3.05) is 6.54 Å². The van der Waals surface area contributed by atoms with Gasteiger partial charge in [-0.15, -0.1) is 0 Å². The third-order valence-corrected chi connectivity index (χ3v) is 1.68. The van der Waals surface area contributed by atoms with Gasteiger partial charge in [0.2, 0.25) is 12.3 Å². The second-order valence-corrected chi connectivity index (χ2v) is 2.98. The number of hydroxylamine groups is 2. The molecule has 0 saturated carbocycles. The van der Waals surface area contributed by atoms with Crippen LogP contribution in [0.15, 0.2) is 0 Å². The molecule has 0 aromatic heterocycles. The smallest absolute Gasteiger partial charge is 0.233 e. The van der Waals surface area contributed by atoms with Crippen molar-refractivity contribution in [1.82, 2.24) is 5.06 Å². The summed E-state index contributed by atoms with van der Waals surface area (Å²) in [7, 11) is 0. The lowest BCUT2D eigenvalue weighted by atomic mass is 9.95. The van der Waals surface area contributed by atoms with Crippen LogP contribution in [0, 0.1) is 11.8 Å². The van der Waals surface area contributed by atoms with Gasteiger partial charge in [-0.3, -0.25) is 14.8 Å². The highest BCUT2D eigenvalue weighted by atomic mass is 16.5. The average Bonchev–Trinajstić information content (AvgIpc) is 1.98. The number of hydrogen-bond acceptors (Lipinski definition) is 3. The summed E-state index contributed by atoms with van der Waals surface area (Å²) in [6, 6.07) is 0. The number of carbonyl (C=O) groups is 2. The van der Waals surface area contributed by atoms with Crippen LogP contribution in [0.25, 0.3) is 0 Å². The Morgan fingerprint density at radius 3 is 2.42 bits per heavy atom. The van der Waals surface area contributed by atoms with E-state index in [9.17, 15) is 9.59 Å². The second-order valence-electron chi connectivity index (χ2n) is 2.98. The van der Waals surface area contributed by atoms with Gasteiger partial charge in [-0.1, -0.05) is 13.8 Å². The Labute approximate surface area is 71.1 Å². The molecule has 3 N–H and O–H groups in total. The molecule has 0 radical (unpaired) electrons. The molecule has 2 amide bonds. The lowest BCUT2D eigenvalue weighted by Crippen LogP contribution is -2.37. The molecule has 0 bridgehead atoms. The molecular weight excluding hydrogens is 160 g/mol. The molecule has 0 aromatic carbocycles. The zero-order valence-corrected chi connectivity index (χ0v) is 7.23. The number of nitrogens with zero attached hydrogens (tertiary/aromatic N) is 1. The molecular formula is C7H14N2O3. The van der Waals surface area contributed by atoms with Crippen molar-refractivity contribution in [2.24, 2.45) is 17.6 Å². The Morgan fingerprint density at radius 1 is 1.67 bits per heavy atom. The molecule has 5 heteroatoms. The van der Waals surface area contributed by atoms with E-state index < -0.39 is 11.8 Å². The molecule has 0 spiro atoms. The highest BCUT2D eigenvalue weighted by molar-refractivity contribution is 5.77. The molecule has 70 valence electrons. The molecule has 0 aromatic rings. The summed E-state index contributed by atoms with van der Waals surface area (Å²) < 4.78 is 0. The molecule has 0 saturated heterocycles. The standard InChI is InChI=1S/C7H14N2O3/c1-5(2)6(7(8)11)3-9(12)4-10/h4-6,12H,3H2,1-2H3,(H2,8,11). The van der Waals surface area contributed by atoms with E-state index >= 15 is 0 Å². The number of nitrogens with two attached hydrogens (primary N) is 1. The number of carbonyl (C=O) groups excluding carboxylic acids is 2. The minimum Gasteiger partial charge on any atom is -0.369 e. The highest BCUT2D eigenvalue weighted by Gasteiger charge is 2.21. The molecule has 1 atom stereocenters. The largest absolute Gasteiger partial charge is 0.369 e. The molecule has 0 aliphatic carbocycles. The average molecular weight is 174 g/mol. The van der Waals surface area contributed by atoms with E-state index in [0.717, 1.165) is 0 Å². The van der Waals surface area contributed by atoms with Crippen molar-refractivity contribution in [3.05, 3.63) is 0 Å². The SMILES string of the molecule is CC(C)C(CN(O)C=O)C(N)=O. The van der Waals surface area contributed by atoms with E-state index in [0.29, 0.717) is 5.06 Å². The summed E-state index contributed by atoms with van der Waals surface area (Å²) in [5, 5.41) is 9.21. The fourth-order valence-corrected chi connectivity index (χ4v) is 0.874. The van der Waals surface area contributed by atoms with E-state index in [1.807, 2.05) is 0 Å². The van der Waals surface area contributed by atoms with Gasteiger partial charge < -0.3 is 5.73 Å². The maximum Gasteiger partial charge on any atom is 0.233 e. The van der Waals surface area contributed by atoms with Crippen LogP contribution in [0.2, 0.25) is 0 Å². The number of hydrogen-bond donors (Lipinski definition) is 2. The van der Waals surface area contributed by atoms with Crippen molar-refractivity contribution in [3.63, 3.8) is 0 Å². The van der Waals surface area contributed by atoms with Gasteiger partial charge in [-0.2, -0.15) is 0 Å². The van der Waals surface area contributed by atoms with Crippen LogP contribution >= 0.6 is 0 Å². The first-order valence-corrected chi connectivity index (χ1v) is 3.69. The third-order valence-electron chi connectivity index (χ3n) is 1.68. The van der Waals surface area contributed by atoms with Gasteiger partial charge in [0.1, 0.15) is 0 Å². The van der Waals surface area contributed by atoms with Gasteiger partial charge in [-0.05, 0) is 5.92 Å². The van der Waals surface area contributed by atoms with Crippen LogP contribution in [0.1, 0.15) is 13.8 Å². The molecule has 0 fully saturated rings. The predicted octanol–water partition coefficient (Wildman–Crippen LogP) is -0.409. The fourth-order valence-electron chi connectivity index (χ4n) is 0.874. The summed E-state index contributed by atoms with van der Waals surface area (Å²) in [6.07, 6.45) is 0.248. The molecule has 0 heterocycles. The first-order valence-electron chi connectivity index (χ1n) is 3.69. The van der Waals surface area contributed by atoms with Crippen LogP contribution in [-0.4, -0.2) is 29.1 Å². The molecule has 0 aliphatic heterocycles. The number of primary amides is 1. The summed E-state index contributed by atoms with van der Waals surface area (Å²) in [4.78, 5) is 20.8. The van der Waals surface area contributed by atoms with Gasteiger partial charge in [0.15, 0.2) is 0 Å². The fraction of sp³-hybridized carbons (Fsp3) is 0.714. The Hall–Kier alpha value is -1.10. The summed E-state index contributed by atoms with van der Waals surface area (Å²) in [6.45, 7) is 3.55. The Balaban J connectivity index is 4.13. The second kappa shape index (κ2) is 4.71. The van der Waals surface area contributed by atoms with E-state index in [1.165, 1.54) is 0 Å². The van der Waals surface area contributed by atoms with Crippen molar-refractivity contribution < 1.29 is 14.8 Å². The summed E-state index contributed by atoms with van der Waals surface area (Å²) in [5.41, 5.74) is 5.05. The Morgan fingerprint density at radius 2 is 2.17 bits per heavy atom. The van der Waals surface area contributed by atoms with Crippen molar-refractivity contribution in [1.29, 1.82) is 0 Å². The topological polar surface area (TPSA) is 83.6 Å². The maximum absolute atomic E-state index is 10.8. The number of amides is 2. The summed E-state index contributed by atoms with van der Waals surface area (Å²) >= 11 is 0. The first-order chi connectivity index (χ1) is 5.49. The molecule has 0 aliphatic rings. The zero-order valence-electron chi connectivity index (χ0n) is 7.23. The van der Waals surface area contributed by atoms with Gasteiger partial charge >= 0.3 is 0 Å². The van der Waals surface area contributed by atoms with E-state index in [4.69, 9.17) is 10.9 Å². The van der Waals surface area contributed by atoms with Crippen molar-refractivity contribution >= 4 is 12.3 Å². The van der Waals surface area contributed by atoms with E-state index in [-0.39, 0.29) is 18.9 Å². The minimum atomic E-state index is -0.508. The van der Waals surface area contributed by atoms with Gasteiger partial charge in [0.25, 0.3) is 0 Å². The van der Waals surface area contributed by atoms with Crippen LogP contribution in [0.5, 0.6) is 0 Å². The van der Waals surface area contributed by atoms with E-state index in [1.54, 1.807) is 13.8 Å². The Kier molecular flexibility index (Phi) is 4.28. The van der Waals surface area contributed by atoms with Crippen molar-refractivity contribution in [2.45, 2.75) is 13.8 Å². The first kappa shape index (κ1) is 10.9. The highest BCUT2D eigenvalue weighted by Crippen LogP contribution is 2.10. The van der Waals surface area contributed by atoms with Crippen LogP contribution in [0.3, 0.4) is 0 Å².